The zero-order chi connectivity index (χ0) is 21.8. The topological polar surface area (TPSA) is 9.23 Å². The molecule has 1 aromatic heterocycles. The van der Waals surface area contributed by atoms with Crippen molar-refractivity contribution >= 4 is 11.3 Å². The predicted molar refractivity (Wildman–Crippen MR) is 126 cm³/mol. The van der Waals surface area contributed by atoms with Gasteiger partial charge in [0, 0.05) is 16.0 Å². The Kier molecular flexibility index (Phi) is 7.06. The Balaban J connectivity index is 1.50. The molecule has 0 aliphatic heterocycles. The maximum Gasteiger partial charge on any atom is 0.174 e. The summed E-state index contributed by atoms with van der Waals surface area (Å²) in [6.45, 7) is 4.35. The highest BCUT2D eigenvalue weighted by molar-refractivity contribution is 7.17. The average molecular weight is 441 g/mol. The average Bonchev–Trinajstić information content (AvgIpc) is 3.41. The first-order valence-corrected chi connectivity index (χ1v) is 12.2. The molecule has 0 saturated heterocycles. The normalized spacial score (nSPS) is 18.5. The van der Waals surface area contributed by atoms with Crippen molar-refractivity contribution in [1.29, 1.82) is 0 Å². The van der Waals surface area contributed by atoms with Crippen LogP contribution in [0.25, 0.3) is 21.6 Å². The molecule has 1 aliphatic rings. The van der Waals surface area contributed by atoms with Crippen LogP contribution in [0.3, 0.4) is 0 Å². The Labute approximate surface area is 188 Å². The molecule has 1 saturated carbocycles. The molecule has 0 N–H and O–H groups in total. The number of halogens is 2. The quantitative estimate of drug-likeness (QED) is 0.340. The fraction of sp³-hybridized carbons (Fsp3) is 0.407. The van der Waals surface area contributed by atoms with E-state index in [1.807, 2.05) is 36.4 Å². The highest BCUT2D eigenvalue weighted by atomic mass is 32.1. The molecule has 1 nitrogen and oxygen atoms in total. The Morgan fingerprint density at radius 1 is 0.871 bits per heavy atom. The molecule has 1 aliphatic carbocycles. The monoisotopic (exact) mass is 440 g/mol. The Morgan fingerprint density at radius 3 is 2.35 bits per heavy atom. The van der Waals surface area contributed by atoms with Gasteiger partial charge in [-0.25, -0.2) is 8.78 Å². The van der Waals surface area contributed by atoms with E-state index in [1.165, 1.54) is 36.2 Å². The lowest BCUT2D eigenvalue weighted by atomic mass is 10.00. The van der Waals surface area contributed by atoms with E-state index in [9.17, 15) is 8.78 Å². The largest absolute Gasteiger partial charge is 0.481 e. The van der Waals surface area contributed by atoms with E-state index >= 15 is 0 Å². The van der Waals surface area contributed by atoms with Crippen molar-refractivity contribution < 1.29 is 13.5 Å². The van der Waals surface area contributed by atoms with Gasteiger partial charge in [0.25, 0.3) is 0 Å². The molecule has 0 amide bonds. The third-order valence-corrected chi connectivity index (χ3v) is 7.21. The Bertz CT molecular complexity index is 1010. The Hall–Kier alpha value is -2.20. The molecule has 4 rings (SSSR count). The summed E-state index contributed by atoms with van der Waals surface area (Å²) in [6.07, 6.45) is 8.14. The lowest BCUT2D eigenvalue weighted by Crippen LogP contribution is -2.11. The lowest BCUT2D eigenvalue weighted by Gasteiger charge is -2.12. The van der Waals surface area contributed by atoms with E-state index in [2.05, 4.69) is 13.8 Å². The van der Waals surface area contributed by atoms with Gasteiger partial charge < -0.3 is 4.74 Å². The van der Waals surface area contributed by atoms with Crippen molar-refractivity contribution in [3.8, 4) is 26.6 Å². The fourth-order valence-electron chi connectivity index (χ4n) is 4.60. The second kappa shape index (κ2) is 9.95. The van der Waals surface area contributed by atoms with E-state index in [4.69, 9.17) is 4.74 Å². The molecule has 2 atom stereocenters. The van der Waals surface area contributed by atoms with Crippen LogP contribution in [0.2, 0.25) is 0 Å². The van der Waals surface area contributed by atoms with Crippen LogP contribution in [0.4, 0.5) is 8.78 Å². The minimum Gasteiger partial charge on any atom is -0.481 e. The maximum absolute atomic E-state index is 15.0. The van der Waals surface area contributed by atoms with Crippen LogP contribution >= 0.6 is 11.3 Å². The number of rotatable bonds is 8. The van der Waals surface area contributed by atoms with Gasteiger partial charge in [-0.3, -0.25) is 0 Å². The van der Waals surface area contributed by atoms with Crippen LogP contribution in [-0.2, 0) is 6.42 Å². The highest BCUT2D eigenvalue weighted by Gasteiger charge is 2.26. The van der Waals surface area contributed by atoms with Crippen molar-refractivity contribution in [1.82, 2.24) is 0 Å². The zero-order valence-electron chi connectivity index (χ0n) is 18.3. The minimum absolute atomic E-state index is 0.239. The summed E-state index contributed by atoms with van der Waals surface area (Å²) < 4.78 is 36.1. The van der Waals surface area contributed by atoms with Crippen molar-refractivity contribution in [2.24, 2.45) is 5.92 Å². The van der Waals surface area contributed by atoms with Gasteiger partial charge in [-0.2, -0.15) is 0 Å². The van der Waals surface area contributed by atoms with Crippen LogP contribution in [-0.4, -0.2) is 6.10 Å². The van der Waals surface area contributed by atoms with Crippen LogP contribution in [0.5, 0.6) is 5.06 Å². The van der Waals surface area contributed by atoms with Gasteiger partial charge in [0.1, 0.15) is 0 Å². The number of thiophene rings is 1. The molecular formula is C27H30F2OS. The van der Waals surface area contributed by atoms with E-state index in [0.29, 0.717) is 21.6 Å². The zero-order valence-corrected chi connectivity index (χ0v) is 19.1. The molecule has 3 aromatic rings. The summed E-state index contributed by atoms with van der Waals surface area (Å²) in [6, 6.07) is 14.8. The number of ether oxygens (including phenoxy) is 1. The van der Waals surface area contributed by atoms with Crippen molar-refractivity contribution in [3.05, 3.63) is 65.7 Å². The van der Waals surface area contributed by atoms with Gasteiger partial charge in [-0.05, 0) is 60.9 Å². The SMILES string of the molecule is CCCc1ccc(-c2ccc(-c3ccc(OC4CCC(CCC)C4)s3)c(F)c2F)cc1. The summed E-state index contributed by atoms with van der Waals surface area (Å²) in [5.74, 6) is -0.841. The number of aryl methyl sites for hydroxylation is 1. The second-order valence-electron chi connectivity index (χ2n) is 8.56. The fourth-order valence-corrected chi connectivity index (χ4v) is 5.54. The number of benzene rings is 2. The molecule has 2 aromatic carbocycles. The van der Waals surface area contributed by atoms with Gasteiger partial charge in [-0.1, -0.05) is 74.8 Å². The molecule has 31 heavy (non-hydrogen) atoms. The molecule has 4 heteroatoms. The van der Waals surface area contributed by atoms with Gasteiger partial charge in [0.2, 0.25) is 0 Å². The van der Waals surface area contributed by atoms with Crippen LogP contribution in [0, 0.1) is 17.6 Å². The lowest BCUT2D eigenvalue weighted by molar-refractivity contribution is 0.210. The van der Waals surface area contributed by atoms with E-state index in [1.54, 1.807) is 12.1 Å². The molecule has 1 heterocycles. The van der Waals surface area contributed by atoms with E-state index in [0.717, 1.165) is 36.7 Å². The highest BCUT2D eigenvalue weighted by Crippen LogP contribution is 2.39. The Morgan fingerprint density at radius 2 is 1.61 bits per heavy atom. The van der Waals surface area contributed by atoms with E-state index < -0.39 is 11.6 Å². The minimum atomic E-state index is -0.799. The smallest absolute Gasteiger partial charge is 0.174 e. The van der Waals surface area contributed by atoms with Crippen LogP contribution in [0.1, 0.15) is 57.9 Å². The third kappa shape index (κ3) is 5.01. The third-order valence-electron chi connectivity index (χ3n) is 6.21. The van der Waals surface area contributed by atoms with Crippen molar-refractivity contribution in [2.45, 2.75) is 64.9 Å². The molecule has 164 valence electrons. The van der Waals surface area contributed by atoms with Crippen LogP contribution < -0.4 is 4.74 Å². The summed E-state index contributed by atoms with van der Waals surface area (Å²) in [5, 5.41) is 0.785. The number of hydrogen-bond donors (Lipinski definition) is 0. The standard InChI is InChI=1S/C27H30F2OS/c1-3-5-18-7-10-20(11-8-18)22-13-14-23(27(29)26(22)28)24-15-16-25(31-24)30-21-12-9-19(17-21)6-4-2/h7-8,10-11,13-16,19,21H,3-6,9,12,17H2,1-2H3. The van der Waals surface area contributed by atoms with E-state index in [-0.39, 0.29) is 6.10 Å². The molecule has 1 fully saturated rings. The first-order valence-electron chi connectivity index (χ1n) is 11.4. The van der Waals surface area contributed by atoms with Crippen LogP contribution in [0.15, 0.2) is 48.5 Å². The first-order chi connectivity index (χ1) is 15.1. The molecule has 2 unspecified atom stereocenters. The number of hydrogen-bond acceptors (Lipinski definition) is 2. The summed E-state index contributed by atoms with van der Waals surface area (Å²) in [5.41, 5.74) is 2.49. The van der Waals surface area contributed by atoms with Gasteiger partial charge in [0.05, 0.1) is 6.10 Å². The molecule has 0 radical (unpaired) electrons. The maximum atomic E-state index is 15.0. The summed E-state index contributed by atoms with van der Waals surface area (Å²) in [4.78, 5) is 0.694. The van der Waals surface area contributed by atoms with Crippen molar-refractivity contribution in [2.75, 3.05) is 0 Å². The second-order valence-corrected chi connectivity index (χ2v) is 9.61. The molecule has 0 bridgehead atoms. The first kappa shape index (κ1) is 22.0. The summed E-state index contributed by atoms with van der Waals surface area (Å²) >= 11 is 1.39. The molecule has 0 spiro atoms. The van der Waals surface area contributed by atoms with Gasteiger partial charge in [0.15, 0.2) is 16.7 Å². The predicted octanol–water partition coefficient (Wildman–Crippen LogP) is 8.66. The van der Waals surface area contributed by atoms with Gasteiger partial charge >= 0.3 is 0 Å². The summed E-state index contributed by atoms with van der Waals surface area (Å²) in [7, 11) is 0. The molecular weight excluding hydrogens is 410 g/mol. The van der Waals surface area contributed by atoms with Gasteiger partial charge in [-0.15, -0.1) is 0 Å². The van der Waals surface area contributed by atoms with Crippen molar-refractivity contribution in [3.63, 3.8) is 0 Å².